The third kappa shape index (κ3) is 2.45. The zero-order valence-corrected chi connectivity index (χ0v) is 12.4. The van der Waals surface area contributed by atoms with Crippen LogP contribution in [0, 0.1) is 17.3 Å². The number of aromatic nitrogens is 2. The molecule has 3 rings (SSSR count). The summed E-state index contributed by atoms with van der Waals surface area (Å²) in [4.78, 5) is 0. The third-order valence-corrected chi connectivity index (χ3v) is 5.63. The summed E-state index contributed by atoms with van der Waals surface area (Å²) < 4.78 is 2.04. The van der Waals surface area contributed by atoms with Gasteiger partial charge in [0.25, 0.3) is 0 Å². The molecule has 2 fully saturated rings. The zero-order chi connectivity index (χ0) is 13.3. The van der Waals surface area contributed by atoms with Crippen LogP contribution < -0.4 is 5.32 Å². The average Bonchev–Trinajstić information content (AvgIpc) is 3.10. The van der Waals surface area contributed by atoms with Gasteiger partial charge in [-0.2, -0.15) is 5.10 Å². The van der Waals surface area contributed by atoms with Gasteiger partial charge in [-0.3, -0.25) is 4.68 Å². The van der Waals surface area contributed by atoms with Crippen LogP contribution in [0.5, 0.6) is 0 Å². The molecule has 3 nitrogen and oxygen atoms in total. The largest absolute Gasteiger partial charge is 0.316 e. The minimum atomic E-state index is 0.573. The highest BCUT2D eigenvalue weighted by atomic mass is 15.2. The molecule has 0 aromatic carbocycles. The summed E-state index contributed by atoms with van der Waals surface area (Å²) in [5, 5.41) is 7.93. The van der Waals surface area contributed by atoms with Crippen molar-refractivity contribution in [3.05, 3.63) is 18.0 Å². The molecule has 1 heterocycles. The number of nitrogens with one attached hydrogen (secondary N) is 1. The van der Waals surface area contributed by atoms with Gasteiger partial charge in [-0.15, -0.1) is 0 Å². The summed E-state index contributed by atoms with van der Waals surface area (Å²) in [5.41, 5.74) is 1.96. The van der Waals surface area contributed by atoms with Crippen molar-refractivity contribution < 1.29 is 0 Å². The molecule has 0 spiro atoms. The SMILES string of the molecule is CCNCC1(CCc2ccnn2C)CC2CCC1C2. The van der Waals surface area contributed by atoms with E-state index in [-0.39, 0.29) is 0 Å². The first kappa shape index (κ1) is 13.2. The van der Waals surface area contributed by atoms with E-state index in [4.69, 9.17) is 0 Å². The highest BCUT2D eigenvalue weighted by Crippen LogP contribution is 2.57. The second-order valence-electron chi connectivity index (χ2n) is 6.67. The summed E-state index contributed by atoms with van der Waals surface area (Å²) in [7, 11) is 2.06. The molecule has 3 heteroatoms. The topological polar surface area (TPSA) is 29.9 Å². The van der Waals surface area contributed by atoms with Crippen LogP contribution in [0.4, 0.5) is 0 Å². The van der Waals surface area contributed by atoms with Crippen LogP contribution in [0.25, 0.3) is 0 Å². The summed E-state index contributed by atoms with van der Waals surface area (Å²) in [6.07, 6.45) is 10.4. The van der Waals surface area contributed by atoms with Gasteiger partial charge in [0, 0.05) is 25.5 Å². The molecule has 2 aliphatic carbocycles. The van der Waals surface area contributed by atoms with Gasteiger partial charge in [0.2, 0.25) is 0 Å². The standard InChI is InChI=1S/C16H27N3/c1-3-17-12-16(11-13-4-5-14(16)10-13)8-6-15-7-9-18-19(15)2/h7,9,13-14,17H,3-6,8,10-12H2,1-2H3. The quantitative estimate of drug-likeness (QED) is 0.853. The number of fused-ring (bicyclic) bond motifs is 2. The van der Waals surface area contributed by atoms with Crippen molar-refractivity contribution in [2.45, 2.75) is 45.4 Å². The van der Waals surface area contributed by atoms with Crippen molar-refractivity contribution in [2.24, 2.45) is 24.3 Å². The molecule has 1 aromatic heterocycles. The van der Waals surface area contributed by atoms with Gasteiger partial charge in [-0.05, 0) is 62.0 Å². The normalized spacial score (nSPS) is 33.2. The van der Waals surface area contributed by atoms with E-state index < -0.39 is 0 Å². The maximum Gasteiger partial charge on any atom is 0.0492 e. The Labute approximate surface area is 116 Å². The second-order valence-corrected chi connectivity index (χ2v) is 6.67. The lowest BCUT2D eigenvalue weighted by Crippen LogP contribution is -2.39. The maximum atomic E-state index is 4.30. The van der Waals surface area contributed by atoms with Gasteiger partial charge in [-0.25, -0.2) is 0 Å². The molecule has 3 atom stereocenters. The molecular weight excluding hydrogens is 234 g/mol. The van der Waals surface area contributed by atoms with Gasteiger partial charge >= 0.3 is 0 Å². The van der Waals surface area contributed by atoms with Crippen molar-refractivity contribution in [1.29, 1.82) is 0 Å². The number of hydrogen-bond acceptors (Lipinski definition) is 2. The molecule has 0 aliphatic heterocycles. The van der Waals surface area contributed by atoms with Crippen LogP contribution in [0.2, 0.25) is 0 Å². The van der Waals surface area contributed by atoms with E-state index >= 15 is 0 Å². The van der Waals surface area contributed by atoms with E-state index in [1.165, 1.54) is 50.8 Å². The molecular formula is C16H27N3. The van der Waals surface area contributed by atoms with Crippen molar-refractivity contribution in [2.75, 3.05) is 13.1 Å². The lowest BCUT2D eigenvalue weighted by Gasteiger charge is -2.38. The molecule has 2 saturated carbocycles. The Balaban J connectivity index is 1.68. The fourth-order valence-electron chi connectivity index (χ4n) is 4.57. The fourth-order valence-corrected chi connectivity index (χ4v) is 4.57. The maximum absolute atomic E-state index is 4.30. The average molecular weight is 261 g/mol. The van der Waals surface area contributed by atoms with Gasteiger partial charge < -0.3 is 5.32 Å². The Kier molecular flexibility index (Phi) is 3.66. The first-order valence-electron chi connectivity index (χ1n) is 7.91. The molecule has 0 radical (unpaired) electrons. The van der Waals surface area contributed by atoms with Gasteiger partial charge in [0.1, 0.15) is 0 Å². The monoisotopic (exact) mass is 261 g/mol. The summed E-state index contributed by atoms with van der Waals surface area (Å²) >= 11 is 0. The van der Waals surface area contributed by atoms with Gasteiger partial charge in [0.15, 0.2) is 0 Å². The highest BCUT2D eigenvalue weighted by Gasteiger charge is 2.49. The van der Waals surface area contributed by atoms with Crippen molar-refractivity contribution in [3.8, 4) is 0 Å². The number of hydrogen-bond donors (Lipinski definition) is 1. The minimum Gasteiger partial charge on any atom is -0.316 e. The molecule has 1 N–H and O–H groups in total. The Morgan fingerprint density at radius 3 is 2.95 bits per heavy atom. The van der Waals surface area contributed by atoms with Gasteiger partial charge in [0.05, 0.1) is 0 Å². The Hall–Kier alpha value is -0.830. The lowest BCUT2D eigenvalue weighted by atomic mass is 9.70. The summed E-state index contributed by atoms with van der Waals surface area (Å²) in [6.45, 7) is 4.55. The summed E-state index contributed by atoms with van der Waals surface area (Å²) in [6, 6.07) is 2.17. The number of nitrogens with zero attached hydrogens (tertiary/aromatic N) is 2. The number of rotatable bonds is 6. The van der Waals surface area contributed by atoms with Crippen molar-refractivity contribution in [3.63, 3.8) is 0 Å². The molecule has 3 unspecified atom stereocenters. The second kappa shape index (κ2) is 5.28. The molecule has 19 heavy (non-hydrogen) atoms. The van der Waals surface area contributed by atoms with E-state index in [1.54, 1.807) is 0 Å². The van der Waals surface area contributed by atoms with E-state index in [9.17, 15) is 0 Å². The van der Waals surface area contributed by atoms with Crippen LogP contribution in [0.15, 0.2) is 12.3 Å². The molecule has 1 aromatic rings. The van der Waals surface area contributed by atoms with E-state index in [0.717, 1.165) is 18.4 Å². The van der Waals surface area contributed by atoms with Gasteiger partial charge in [-0.1, -0.05) is 13.3 Å². The Morgan fingerprint density at radius 2 is 2.37 bits per heavy atom. The molecule has 2 aliphatic rings. The van der Waals surface area contributed by atoms with Crippen molar-refractivity contribution in [1.82, 2.24) is 15.1 Å². The Bertz CT molecular complexity index is 425. The first-order valence-corrected chi connectivity index (χ1v) is 7.91. The van der Waals surface area contributed by atoms with E-state index in [2.05, 4.69) is 30.5 Å². The minimum absolute atomic E-state index is 0.573. The molecule has 106 valence electrons. The summed E-state index contributed by atoms with van der Waals surface area (Å²) in [5.74, 6) is 2.00. The van der Waals surface area contributed by atoms with Crippen LogP contribution in [-0.4, -0.2) is 22.9 Å². The Morgan fingerprint density at radius 1 is 1.47 bits per heavy atom. The highest BCUT2D eigenvalue weighted by molar-refractivity contribution is 5.06. The van der Waals surface area contributed by atoms with Crippen LogP contribution >= 0.6 is 0 Å². The van der Waals surface area contributed by atoms with E-state index in [0.29, 0.717) is 5.41 Å². The van der Waals surface area contributed by atoms with Crippen molar-refractivity contribution >= 4 is 0 Å². The number of aryl methyl sites for hydroxylation is 2. The first-order chi connectivity index (χ1) is 9.23. The molecule has 2 bridgehead atoms. The van der Waals surface area contributed by atoms with Crippen LogP contribution in [0.1, 0.15) is 44.7 Å². The zero-order valence-electron chi connectivity index (χ0n) is 12.4. The predicted octanol–water partition coefficient (Wildman–Crippen LogP) is 2.77. The van der Waals surface area contributed by atoms with Crippen LogP contribution in [0.3, 0.4) is 0 Å². The lowest BCUT2D eigenvalue weighted by molar-refractivity contribution is 0.143. The van der Waals surface area contributed by atoms with Crippen LogP contribution in [-0.2, 0) is 13.5 Å². The smallest absolute Gasteiger partial charge is 0.0492 e. The van der Waals surface area contributed by atoms with E-state index in [1.807, 2.05) is 10.9 Å². The molecule has 0 amide bonds. The molecule has 0 saturated heterocycles. The predicted molar refractivity (Wildman–Crippen MR) is 78.0 cm³/mol. The fraction of sp³-hybridized carbons (Fsp3) is 0.812. The third-order valence-electron chi connectivity index (χ3n) is 5.63.